The van der Waals surface area contributed by atoms with Crippen molar-refractivity contribution in [2.45, 2.75) is 31.2 Å². The predicted octanol–water partition coefficient (Wildman–Crippen LogP) is 1.87. The van der Waals surface area contributed by atoms with Gasteiger partial charge in [0.15, 0.2) is 0 Å². The van der Waals surface area contributed by atoms with Crippen molar-refractivity contribution in [1.29, 1.82) is 0 Å². The van der Waals surface area contributed by atoms with Crippen LogP contribution in [0.5, 0.6) is 0 Å². The summed E-state index contributed by atoms with van der Waals surface area (Å²) in [6, 6.07) is 3.95. The van der Waals surface area contributed by atoms with Crippen LogP contribution in [0, 0.1) is 5.41 Å². The van der Waals surface area contributed by atoms with Crippen LogP contribution in [0.25, 0.3) is 0 Å². The SMILES string of the molecule is COC(=O)c1cc(Cl)cc(S(=O)(=O)N2CCC(N)C(C)(C)C2)c1. The zero-order valence-electron chi connectivity index (χ0n) is 13.4. The number of carbonyl (C=O) groups is 1. The van der Waals surface area contributed by atoms with Crippen LogP contribution in [0.15, 0.2) is 23.1 Å². The molecule has 1 atom stereocenters. The van der Waals surface area contributed by atoms with Crippen LogP contribution in [0.4, 0.5) is 0 Å². The van der Waals surface area contributed by atoms with Crippen LogP contribution >= 0.6 is 11.6 Å². The fourth-order valence-electron chi connectivity index (χ4n) is 2.63. The molecule has 0 saturated carbocycles. The lowest BCUT2D eigenvalue weighted by Crippen LogP contribution is -2.53. The van der Waals surface area contributed by atoms with Crippen molar-refractivity contribution < 1.29 is 17.9 Å². The van der Waals surface area contributed by atoms with E-state index in [2.05, 4.69) is 4.74 Å². The van der Waals surface area contributed by atoms with E-state index in [0.29, 0.717) is 19.5 Å². The van der Waals surface area contributed by atoms with Crippen molar-refractivity contribution >= 4 is 27.6 Å². The van der Waals surface area contributed by atoms with Crippen molar-refractivity contribution in [2.24, 2.45) is 11.1 Å². The maximum atomic E-state index is 12.9. The van der Waals surface area contributed by atoms with E-state index in [1.54, 1.807) is 0 Å². The van der Waals surface area contributed by atoms with Crippen LogP contribution in [0.3, 0.4) is 0 Å². The molecule has 1 aliphatic heterocycles. The third-order valence-corrected chi connectivity index (χ3v) is 6.25. The van der Waals surface area contributed by atoms with E-state index >= 15 is 0 Å². The fourth-order valence-corrected chi connectivity index (χ4v) is 4.62. The van der Waals surface area contributed by atoms with Gasteiger partial charge in [0.1, 0.15) is 0 Å². The summed E-state index contributed by atoms with van der Waals surface area (Å²) in [5.41, 5.74) is 5.84. The van der Waals surface area contributed by atoms with E-state index in [1.165, 1.54) is 29.6 Å². The van der Waals surface area contributed by atoms with Crippen molar-refractivity contribution in [2.75, 3.05) is 20.2 Å². The summed E-state index contributed by atoms with van der Waals surface area (Å²) in [5, 5.41) is 0.166. The van der Waals surface area contributed by atoms with Gasteiger partial charge in [-0.1, -0.05) is 25.4 Å². The van der Waals surface area contributed by atoms with Gasteiger partial charge in [0, 0.05) is 24.2 Å². The van der Waals surface area contributed by atoms with Crippen molar-refractivity contribution in [3.8, 4) is 0 Å². The van der Waals surface area contributed by atoms with Crippen LogP contribution in [-0.2, 0) is 14.8 Å². The molecule has 1 aliphatic rings. The van der Waals surface area contributed by atoms with Crippen LogP contribution in [0.1, 0.15) is 30.6 Å². The number of esters is 1. The molecule has 1 saturated heterocycles. The Morgan fingerprint density at radius 1 is 1.39 bits per heavy atom. The number of halogens is 1. The number of methoxy groups -OCH3 is 1. The molecule has 6 nitrogen and oxygen atoms in total. The maximum absolute atomic E-state index is 12.9. The second kappa shape index (κ2) is 6.39. The minimum atomic E-state index is -3.76. The quantitative estimate of drug-likeness (QED) is 0.831. The molecule has 0 bridgehead atoms. The Bertz CT molecular complexity index is 718. The number of nitrogens with two attached hydrogens (primary N) is 1. The van der Waals surface area contributed by atoms with Gasteiger partial charge in [-0.15, -0.1) is 0 Å². The molecule has 0 aromatic heterocycles. The summed E-state index contributed by atoms with van der Waals surface area (Å²) in [5.74, 6) is -0.634. The first-order valence-corrected chi connectivity index (χ1v) is 9.04. The van der Waals surface area contributed by atoms with Crippen molar-refractivity contribution in [3.05, 3.63) is 28.8 Å². The molecule has 8 heteroatoms. The number of sulfonamides is 1. The predicted molar refractivity (Wildman–Crippen MR) is 87.9 cm³/mol. The fraction of sp³-hybridized carbons (Fsp3) is 0.533. The summed E-state index contributed by atoms with van der Waals surface area (Å²) in [4.78, 5) is 11.6. The van der Waals surface area contributed by atoms with Crippen LogP contribution in [-0.4, -0.2) is 44.9 Å². The Balaban J connectivity index is 2.40. The summed E-state index contributed by atoms with van der Waals surface area (Å²) in [6.45, 7) is 4.54. The number of nitrogens with zero attached hydrogens (tertiary/aromatic N) is 1. The molecule has 0 radical (unpaired) electrons. The van der Waals surface area contributed by atoms with E-state index in [0.717, 1.165) is 0 Å². The Hall–Kier alpha value is -1.15. The van der Waals surface area contributed by atoms with Gasteiger partial charge in [-0.25, -0.2) is 13.2 Å². The van der Waals surface area contributed by atoms with E-state index in [-0.39, 0.29) is 26.9 Å². The third-order valence-electron chi connectivity index (χ3n) is 4.21. The highest BCUT2D eigenvalue weighted by Crippen LogP contribution is 2.32. The molecule has 1 unspecified atom stereocenters. The lowest BCUT2D eigenvalue weighted by molar-refractivity contribution is 0.0600. The Kier molecular flexibility index (Phi) is 5.06. The molecule has 128 valence electrons. The topological polar surface area (TPSA) is 89.7 Å². The third kappa shape index (κ3) is 3.68. The average Bonchev–Trinajstić information content (AvgIpc) is 2.48. The highest BCUT2D eigenvalue weighted by atomic mass is 35.5. The molecule has 1 fully saturated rings. The highest BCUT2D eigenvalue weighted by Gasteiger charge is 2.39. The Labute approximate surface area is 141 Å². The zero-order valence-corrected chi connectivity index (χ0v) is 14.9. The second-order valence-corrected chi connectivity index (χ2v) is 8.76. The molecule has 1 heterocycles. The Morgan fingerprint density at radius 3 is 2.61 bits per heavy atom. The van der Waals surface area contributed by atoms with E-state index in [4.69, 9.17) is 17.3 Å². The van der Waals surface area contributed by atoms with E-state index in [9.17, 15) is 13.2 Å². The second-order valence-electron chi connectivity index (χ2n) is 6.39. The summed E-state index contributed by atoms with van der Waals surface area (Å²) in [7, 11) is -2.53. The molecule has 0 spiro atoms. The molecular formula is C15H21ClN2O4S. The van der Waals surface area contributed by atoms with Gasteiger partial charge < -0.3 is 10.5 Å². The first-order chi connectivity index (χ1) is 10.6. The zero-order chi connectivity index (χ0) is 17.4. The van der Waals surface area contributed by atoms with Crippen molar-refractivity contribution in [3.63, 3.8) is 0 Å². The monoisotopic (exact) mass is 360 g/mol. The summed E-state index contributed by atoms with van der Waals surface area (Å²) in [6.07, 6.45) is 0.580. The number of rotatable bonds is 3. The largest absolute Gasteiger partial charge is 0.465 e. The number of carbonyl (C=O) groups excluding carboxylic acids is 1. The molecule has 1 aromatic carbocycles. The van der Waals surface area contributed by atoms with Gasteiger partial charge in [-0.2, -0.15) is 4.31 Å². The number of ether oxygens (including phenoxy) is 1. The van der Waals surface area contributed by atoms with Crippen molar-refractivity contribution in [1.82, 2.24) is 4.31 Å². The number of hydrogen-bond acceptors (Lipinski definition) is 5. The highest BCUT2D eigenvalue weighted by molar-refractivity contribution is 7.89. The number of benzene rings is 1. The average molecular weight is 361 g/mol. The molecule has 2 N–H and O–H groups in total. The molecule has 23 heavy (non-hydrogen) atoms. The first kappa shape index (κ1) is 18.2. The van der Waals surface area contributed by atoms with E-state index < -0.39 is 16.0 Å². The van der Waals surface area contributed by atoms with Gasteiger partial charge in [0.25, 0.3) is 0 Å². The first-order valence-electron chi connectivity index (χ1n) is 7.22. The van der Waals surface area contributed by atoms with Gasteiger partial charge in [-0.3, -0.25) is 0 Å². The van der Waals surface area contributed by atoms with Gasteiger partial charge in [0.2, 0.25) is 10.0 Å². The van der Waals surface area contributed by atoms with E-state index in [1.807, 2.05) is 13.8 Å². The molecule has 0 aliphatic carbocycles. The smallest absolute Gasteiger partial charge is 0.337 e. The molecular weight excluding hydrogens is 340 g/mol. The number of piperidine rings is 1. The summed E-state index contributed by atoms with van der Waals surface area (Å²) >= 11 is 5.96. The summed E-state index contributed by atoms with van der Waals surface area (Å²) < 4.78 is 31.8. The lowest BCUT2D eigenvalue weighted by Gasteiger charge is -2.41. The standard InChI is InChI=1S/C15H21ClN2O4S/c1-15(2)9-18(5-4-13(15)17)23(20,21)12-7-10(14(19)22-3)6-11(16)8-12/h6-8,13H,4-5,9,17H2,1-3H3. The maximum Gasteiger partial charge on any atom is 0.337 e. The van der Waals surface area contributed by atoms with Crippen LogP contribution in [0.2, 0.25) is 5.02 Å². The normalized spacial score (nSPS) is 21.9. The van der Waals surface area contributed by atoms with Gasteiger partial charge >= 0.3 is 5.97 Å². The molecule has 1 aromatic rings. The Morgan fingerprint density at radius 2 is 2.04 bits per heavy atom. The molecule has 0 amide bonds. The van der Waals surface area contributed by atoms with Crippen LogP contribution < -0.4 is 5.73 Å². The minimum absolute atomic E-state index is 0.0170. The number of hydrogen-bond donors (Lipinski definition) is 1. The minimum Gasteiger partial charge on any atom is -0.465 e. The molecule has 2 rings (SSSR count). The lowest BCUT2D eigenvalue weighted by atomic mass is 9.81. The van der Waals surface area contributed by atoms with Gasteiger partial charge in [-0.05, 0) is 30.0 Å². The van der Waals surface area contributed by atoms with Gasteiger partial charge in [0.05, 0.1) is 17.6 Å².